The van der Waals surface area contributed by atoms with E-state index in [2.05, 4.69) is 44.0 Å². The highest BCUT2D eigenvalue weighted by Gasteiger charge is 2.27. The molecule has 2 heteroatoms. The van der Waals surface area contributed by atoms with Crippen LogP contribution in [0.2, 0.25) is 0 Å². The van der Waals surface area contributed by atoms with Crippen LogP contribution >= 0.6 is 0 Å². The van der Waals surface area contributed by atoms with Crippen molar-refractivity contribution in [1.29, 1.82) is 0 Å². The molecule has 0 spiro atoms. The molecule has 1 aliphatic rings. The first-order valence-electron chi connectivity index (χ1n) is 7.17. The molecule has 0 amide bonds. The van der Waals surface area contributed by atoms with Gasteiger partial charge in [-0.25, -0.2) is 0 Å². The maximum atomic E-state index is 5.88. The van der Waals surface area contributed by atoms with Crippen LogP contribution in [-0.4, -0.2) is 18.0 Å². The van der Waals surface area contributed by atoms with E-state index >= 15 is 0 Å². The van der Waals surface area contributed by atoms with Gasteiger partial charge in [-0.2, -0.15) is 0 Å². The molecular formula is C16H26N2. The van der Waals surface area contributed by atoms with Gasteiger partial charge in [0.25, 0.3) is 0 Å². The van der Waals surface area contributed by atoms with Gasteiger partial charge in [-0.15, -0.1) is 0 Å². The fourth-order valence-electron chi connectivity index (χ4n) is 3.24. The van der Waals surface area contributed by atoms with Gasteiger partial charge >= 0.3 is 0 Å². The molecule has 0 aliphatic heterocycles. The van der Waals surface area contributed by atoms with Crippen molar-refractivity contribution in [3.8, 4) is 0 Å². The highest BCUT2D eigenvalue weighted by molar-refractivity contribution is 5.41. The van der Waals surface area contributed by atoms with Crippen molar-refractivity contribution in [2.45, 2.75) is 51.6 Å². The molecule has 1 aromatic rings. The van der Waals surface area contributed by atoms with Gasteiger partial charge in [0.2, 0.25) is 0 Å². The zero-order valence-corrected chi connectivity index (χ0v) is 11.9. The summed E-state index contributed by atoms with van der Waals surface area (Å²) in [6, 6.07) is 9.47. The highest BCUT2D eigenvalue weighted by atomic mass is 15.2. The standard InChI is InChI=1S/C16H26N2/c1-12-7-4-5-10-16(12)18(3)13(2)14-8-6-9-15(17)11-14/h6,8-9,11-13,16H,4-5,7,10,17H2,1-3H3. The normalized spacial score (nSPS) is 26.2. The quantitative estimate of drug-likeness (QED) is 0.821. The minimum absolute atomic E-state index is 0.444. The van der Waals surface area contributed by atoms with E-state index in [0.717, 1.165) is 17.6 Å². The number of nitrogens with two attached hydrogens (primary N) is 1. The summed E-state index contributed by atoms with van der Waals surface area (Å²) < 4.78 is 0. The molecule has 1 aromatic carbocycles. The van der Waals surface area contributed by atoms with E-state index in [1.807, 2.05) is 6.07 Å². The lowest BCUT2D eigenvalue weighted by molar-refractivity contribution is 0.104. The van der Waals surface area contributed by atoms with Gasteiger partial charge in [0.15, 0.2) is 0 Å². The van der Waals surface area contributed by atoms with Crippen molar-refractivity contribution in [3.63, 3.8) is 0 Å². The molecular weight excluding hydrogens is 220 g/mol. The molecule has 2 nitrogen and oxygen atoms in total. The summed E-state index contributed by atoms with van der Waals surface area (Å²) in [4.78, 5) is 2.54. The molecule has 0 bridgehead atoms. The molecule has 3 atom stereocenters. The Morgan fingerprint density at radius 1 is 1.28 bits per heavy atom. The van der Waals surface area contributed by atoms with Crippen LogP contribution in [0.1, 0.15) is 51.1 Å². The van der Waals surface area contributed by atoms with Gasteiger partial charge in [-0.3, -0.25) is 4.90 Å². The minimum atomic E-state index is 0.444. The Morgan fingerprint density at radius 3 is 2.67 bits per heavy atom. The number of benzene rings is 1. The Kier molecular flexibility index (Phi) is 4.28. The first kappa shape index (κ1) is 13.4. The van der Waals surface area contributed by atoms with E-state index in [-0.39, 0.29) is 0 Å². The van der Waals surface area contributed by atoms with Crippen LogP contribution in [0, 0.1) is 5.92 Å². The van der Waals surface area contributed by atoms with E-state index in [9.17, 15) is 0 Å². The fourth-order valence-corrected chi connectivity index (χ4v) is 3.24. The number of hydrogen-bond donors (Lipinski definition) is 1. The topological polar surface area (TPSA) is 29.3 Å². The van der Waals surface area contributed by atoms with Crippen LogP contribution in [0.3, 0.4) is 0 Å². The van der Waals surface area contributed by atoms with E-state index in [1.54, 1.807) is 0 Å². The van der Waals surface area contributed by atoms with Gasteiger partial charge < -0.3 is 5.73 Å². The van der Waals surface area contributed by atoms with Gasteiger partial charge in [-0.05, 0) is 50.4 Å². The molecule has 0 radical (unpaired) electrons. The molecule has 1 aliphatic carbocycles. The largest absolute Gasteiger partial charge is 0.399 e. The minimum Gasteiger partial charge on any atom is -0.399 e. The van der Waals surface area contributed by atoms with E-state index < -0.39 is 0 Å². The van der Waals surface area contributed by atoms with Gasteiger partial charge in [0, 0.05) is 17.8 Å². The molecule has 18 heavy (non-hydrogen) atoms. The molecule has 3 unspecified atom stereocenters. The smallest absolute Gasteiger partial charge is 0.0320 e. The lowest BCUT2D eigenvalue weighted by atomic mass is 9.84. The fraction of sp³-hybridized carbons (Fsp3) is 0.625. The van der Waals surface area contributed by atoms with Crippen molar-refractivity contribution < 1.29 is 0 Å². The Labute approximate surface area is 111 Å². The molecule has 2 N–H and O–H groups in total. The average Bonchev–Trinajstić information content (AvgIpc) is 2.37. The summed E-state index contributed by atoms with van der Waals surface area (Å²) in [6.45, 7) is 4.68. The summed E-state index contributed by atoms with van der Waals surface area (Å²) in [7, 11) is 2.26. The van der Waals surface area contributed by atoms with E-state index in [0.29, 0.717) is 6.04 Å². The van der Waals surface area contributed by atoms with Crippen molar-refractivity contribution in [1.82, 2.24) is 4.90 Å². The number of nitrogen functional groups attached to an aromatic ring is 1. The Balaban J connectivity index is 2.10. The van der Waals surface area contributed by atoms with Crippen LogP contribution in [0.15, 0.2) is 24.3 Å². The summed E-state index contributed by atoms with van der Waals surface area (Å²) >= 11 is 0. The van der Waals surface area contributed by atoms with E-state index in [1.165, 1.54) is 31.2 Å². The van der Waals surface area contributed by atoms with E-state index in [4.69, 9.17) is 5.73 Å². The first-order valence-corrected chi connectivity index (χ1v) is 7.17. The number of anilines is 1. The molecule has 2 rings (SSSR count). The third-order valence-corrected chi connectivity index (χ3v) is 4.59. The summed E-state index contributed by atoms with van der Waals surface area (Å²) in [5.74, 6) is 0.812. The van der Waals surface area contributed by atoms with Crippen molar-refractivity contribution in [2.75, 3.05) is 12.8 Å². The SMILES string of the molecule is CC1CCCCC1N(C)C(C)c1cccc(N)c1. The van der Waals surface area contributed by atoms with Crippen molar-refractivity contribution >= 4 is 5.69 Å². The van der Waals surface area contributed by atoms with Gasteiger partial charge in [0.05, 0.1) is 0 Å². The molecule has 0 heterocycles. The predicted octanol–water partition coefficient (Wildman–Crippen LogP) is 3.84. The second-order valence-corrected chi connectivity index (χ2v) is 5.84. The van der Waals surface area contributed by atoms with Crippen LogP contribution in [0.4, 0.5) is 5.69 Å². The monoisotopic (exact) mass is 246 g/mol. The third-order valence-electron chi connectivity index (χ3n) is 4.59. The molecule has 1 saturated carbocycles. The molecule has 0 saturated heterocycles. The lowest BCUT2D eigenvalue weighted by Crippen LogP contribution is -2.40. The van der Waals surface area contributed by atoms with Crippen molar-refractivity contribution in [2.24, 2.45) is 5.92 Å². The maximum Gasteiger partial charge on any atom is 0.0320 e. The second-order valence-electron chi connectivity index (χ2n) is 5.84. The molecule has 1 fully saturated rings. The first-order chi connectivity index (χ1) is 8.59. The maximum absolute atomic E-state index is 5.88. The summed E-state index contributed by atoms with van der Waals surface area (Å²) in [5, 5.41) is 0. The zero-order chi connectivity index (χ0) is 13.1. The summed E-state index contributed by atoms with van der Waals surface area (Å²) in [5.41, 5.74) is 8.08. The predicted molar refractivity (Wildman–Crippen MR) is 78.5 cm³/mol. The molecule has 100 valence electrons. The Morgan fingerprint density at radius 2 is 2.00 bits per heavy atom. The second kappa shape index (κ2) is 5.75. The third kappa shape index (κ3) is 2.86. The Hall–Kier alpha value is -1.02. The zero-order valence-electron chi connectivity index (χ0n) is 11.9. The highest BCUT2D eigenvalue weighted by Crippen LogP contribution is 2.32. The van der Waals surface area contributed by atoms with Gasteiger partial charge in [-0.1, -0.05) is 31.9 Å². The van der Waals surface area contributed by atoms with Crippen LogP contribution in [-0.2, 0) is 0 Å². The van der Waals surface area contributed by atoms with Crippen molar-refractivity contribution in [3.05, 3.63) is 29.8 Å². The van der Waals surface area contributed by atoms with Crippen LogP contribution in [0.25, 0.3) is 0 Å². The number of nitrogens with zero attached hydrogens (tertiary/aromatic N) is 1. The van der Waals surface area contributed by atoms with Gasteiger partial charge in [0.1, 0.15) is 0 Å². The lowest BCUT2D eigenvalue weighted by Gasteiger charge is -2.39. The number of rotatable bonds is 3. The summed E-state index contributed by atoms with van der Waals surface area (Å²) in [6.07, 6.45) is 5.49. The van der Waals surface area contributed by atoms with Crippen LogP contribution < -0.4 is 5.73 Å². The Bertz CT molecular complexity index is 388. The number of hydrogen-bond acceptors (Lipinski definition) is 2. The average molecular weight is 246 g/mol. The van der Waals surface area contributed by atoms with Crippen LogP contribution in [0.5, 0.6) is 0 Å². The molecule has 0 aromatic heterocycles.